The summed E-state index contributed by atoms with van der Waals surface area (Å²) in [6.45, 7) is 0. The van der Waals surface area contributed by atoms with E-state index < -0.39 is 0 Å². The fraction of sp³-hybridized carbons (Fsp3) is 0. The smallest absolute Gasteiger partial charge is 0.143 e. The van der Waals surface area contributed by atoms with Crippen LogP contribution in [0.5, 0.6) is 0 Å². The Bertz CT molecular complexity index is 2830. The van der Waals surface area contributed by atoms with Crippen molar-refractivity contribution < 1.29 is 4.42 Å². The highest BCUT2D eigenvalue weighted by Crippen LogP contribution is 2.50. The molecule has 49 heavy (non-hydrogen) atoms. The third-order valence-corrected chi connectivity index (χ3v) is 10.9. The minimum atomic E-state index is 0.875. The van der Waals surface area contributed by atoms with Crippen molar-refractivity contribution in [3.05, 3.63) is 176 Å². The lowest BCUT2D eigenvalue weighted by molar-refractivity contribution is 0.672. The number of fused-ring (bicyclic) bond motifs is 8. The number of anilines is 3. The van der Waals surface area contributed by atoms with Crippen molar-refractivity contribution in [2.75, 3.05) is 4.90 Å². The summed E-state index contributed by atoms with van der Waals surface area (Å²) < 4.78 is 9.27. The summed E-state index contributed by atoms with van der Waals surface area (Å²) >= 11 is 1.86. The highest BCUT2D eigenvalue weighted by Gasteiger charge is 2.25. The van der Waals surface area contributed by atoms with Gasteiger partial charge >= 0.3 is 0 Å². The molecule has 0 atom stereocenters. The topological polar surface area (TPSA) is 16.4 Å². The second-order valence-electron chi connectivity index (χ2n) is 12.5. The van der Waals surface area contributed by atoms with E-state index in [-0.39, 0.29) is 0 Å². The Morgan fingerprint density at radius 2 is 1.12 bits per heavy atom. The first-order valence-electron chi connectivity index (χ1n) is 16.6. The molecule has 2 heterocycles. The van der Waals surface area contributed by atoms with E-state index in [1.54, 1.807) is 0 Å². The molecule has 0 aliphatic heterocycles. The molecule has 2 aromatic heterocycles. The second kappa shape index (κ2) is 11.2. The van der Waals surface area contributed by atoms with E-state index in [0.717, 1.165) is 50.0 Å². The number of nitrogens with zero attached hydrogens (tertiary/aromatic N) is 1. The highest BCUT2D eigenvalue weighted by molar-refractivity contribution is 7.26. The number of furan rings is 1. The zero-order chi connectivity index (χ0) is 32.3. The van der Waals surface area contributed by atoms with Crippen molar-refractivity contribution in [2.24, 2.45) is 0 Å². The third-order valence-electron chi connectivity index (χ3n) is 9.66. The Morgan fingerprint density at radius 3 is 1.98 bits per heavy atom. The number of thiophene rings is 1. The molecule has 3 heteroatoms. The molecule has 10 aromatic rings. The average molecular weight is 644 g/mol. The van der Waals surface area contributed by atoms with Crippen LogP contribution >= 0.6 is 11.3 Å². The minimum Gasteiger partial charge on any atom is -0.455 e. The summed E-state index contributed by atoms with van der Waals surface area (Å²) in [7, 11) is 0. The van der Waals surface area contributed by atoms with Gasteiger partial charge in [-0.25, -0.2) is 0 Å². The van der Waals surface area contributed by atoms with Gasteiger partial charge in [-0.05, 0) is 64.5 Å². The fourth-order valence-electron chi connectivity index (χ4n) is 7.41. The lowest BCUT2D eigenvalue weighted by Crippen LogP contribution is -2.12. The summed E-state index contributed by atoms with van der Waals surface area (Å²) in [5.74, 6) is 0. The molecule has 8 aromatic carbocycles. The maximum atomic E-state index is 6.73. The van der Waals surface area contributed by atoms with Crippen molar-refractivity contribution >= 4 is 81.3 Å². The maximum absolute atomic E-state index is 6.73. The Kier molecular flexibility index (Phi) is 6.39. The lowest BCUT2D eigenvalue weighted by atomic mass is 9.95. The summed E-state index contributed by atoms with van der Waals surface area (Å²) in [5.41, 5.74) is 9.84. The van der Waals surface area contributed by atoms with Crippen LogP contribution in [-0.2, 0) is 0 Å². The van der Waals surface area contributed by atoms with Gasteiger partial charge in [-0.3, -0.25) is 0 Å². The largest absolute Gasteiger partial charge is 0.455 e. The lowest BCUT2D eigenvalue weighted by Gasteiger charge is -2.29. The van der Waals surface area contributed by atoms with Gasteiger partial charge in [-0.1, -0.05) is 133 Å². The van der Waals surface area contributed by atoms with Crippen LogP contribution in [0, 0.1) is 0 Å². The molecule has 0 bridgehead atoms. The van der Waals surface area contributed by atoms with Gasteiger partial charge in [0.15, 0.2) is 0 Å². The first-order valence-corrected chi connectivity index (χ1v) is 17.4. The van der Waals surface area contributed by atoms with Gasteiger partial charge < -0.3 is 9.32 Å². The number of benzene rings is 8. The van der Waals surface area contributed by atoms with Crippen LogP contribution < -0.4 is 4.90 Å². The summed E-state index contributed by atoms with van der Waals surface area (Å²) in [4.78, 5) is 2.47. The molecule has 0 aliphatic carbocycles. The van der Waals surface area contributed by atoms with E-state index in [2.05, 4.69) is 181 Å². The standard InChI is InChI=1S/C46H29NOS/c1-3-13-30(14-4-1)33-26-28-39(38(29-33)31-15-5-2-6-16-31)47(41-22-11-20-36-35-19-9-10-24-43(35)49-46(36)41)40-21-12-23-42-44(40)37-27-25-32-17-7-8-18-34(32)45(37)48-42/h1-29H. The van der Waals surface area contributed by atoms with Crippen LogP contribution in [0.4, 0.5) is 17.1 Å². The zero-order valence-electron chi connectivity index (χ0n) is 26.5. The molecule has 0 saturated heterocycles. The minimum absolute atomic E-state index is 0.875. The van der Waals surface area contributed by atoms with Crippen molar-refractivity contribution in [2.45, 2.75) is 0 Å². The van der Waals surface area contributed by atoms with Gasteiger partial charge in [0.1, 0.15) is 11.2 Å². The number of hydrogen-bond donors (Lipinski definition) is 0. The Labute approximate surface area is 287 Å². The highest BCUT2D eigenvalue weighted by atomic mass is 32.1. The molecule has 2 nitrogen and oxygen atoms in total. The number of rotatable bonds is 5. The average Bonchev–Trinajstić information content (AvgIpc) is 3.76. The molecule has 0 amide bonds. The monoisotopic (exact) mass is 643 g/mol. The van der Waals surface area contributed by atoms with Crippen LogP contribution in [0.1, 0.15) is 0 Å². The Morgan fingerprint density at radius 1 is 0.429 bits per heavy atom. The van der Waals surface area contributed by atoms with Gasteiger partial charge in [0.25, 0.3) is 0 Å². The van der Waals surface area contributed by atoms with E-state index in [9.17, 15) is 0 Å². The van der Waals surface area contributed by atoms with E-state index in [1.165, 1.54) is 42.2 Å². The SMILES string of the molecule is c1ccc(-c2ccc(N(c3cccc4c3sc3ccccc34)c3cccc4oc5c6ccccc6ccc5c34)c(-c3ccccc3)c2)cc1. The number of hydrogen-bond acceptors (Lipinski definition) is 3. The summed E-state index contributed by atoms with van der Waals surface area (Å²) in [5, 5.41) is 7.06. The van der Waals surface area contributed by atoms with Gasteiger partial charge in [-0.2, -0.15) is 0 Å². The molecule has 0 aliphatic rings. The normalized spacial score (nSPS) is 11.7. The molecule has 10 rings (SSSR count). The van der Waals surface area contributed by atoms with Crippen LogP contribution in [0.25, 0.3) is 75.1 Å². The van der Waals surface area contributed by atoms with Gasteiger partial charge in [0.2, 0.25) is 0 Å². The zero-order valence-corrected chi connectivity index (χ0v) is 27.3. The van der Waals surface area contributed by atoms with E-state index in [1.807, 2.05) is 11.3 Å². The molecule has 0 N–H and O–H groups in total. The van der Waals surface area contributed by atoms with Crippen LogP contribution in [0.15, 0.2) is 180 Å². The van der Waals surface area contributed by atoms with Crippen molar-refractivity contribution in [3.63, 3.8) is 0 Å². The quantitative estimate of drug-likeness (QED) is 0.186. The van der Waals surface area contributed by atoms with Crippen LogP contribution in [0.3, 0.4) is 0 Å². The molecular weight excluding hydrogens is 615 g/mol. The van der Waals surface area contributed by atoms with Crippen LogP contribution in [0.2, 0.25) is 0 Å². The summed E-state index contributed by atoms with van der Waals surface area (Å²) in [6.07, 6.45) is 0. The fourth-order valence-corrected chi connectivity index (χ4v) is 8.62. The first-order chi connectivity index (χ1) is 24.3. The Hall–Kier alpha value is -6.16. The first kappa shape index (κ1) is 27.9. The summed E-state index contributed by atoms with van der Waals surface area (Å²) in [6, 6.07) is 63.2. The van der Waals surface area contributed by atoms with Crippen molar-refractivity contribution in [3.8, 4) is 22.3 Å². The van der Waals surface area contributed by atoms with E-state index in [4.69, 9.17) is 4.42 Å². The molecule has 0 unspecified atom stereocenters. The third kappa shape index (κ3) is 4.47. The van der Waals surface area contributed by atoms with Crippen molar-refractivity contribution in [1.82, 2.24) is 0 Å². The molecule has 0 saturated carbocycles. The molecule has 0 spiro atoms. The van der Waals surface area contributed by atoms with Gasteiger partial charge in [0, 0.05) is 31.8 Å². The molecular formula is C46H29NOS. The van der Waals surface area contributed by atoms with Crippen molar-refractivity contribution in [1.29, 1.82) is 0 Å². The van der Waals surface area contributed by atoms with Gasteiger partial charge in [-0.15, -0.1) is 11.3 Å². The predicted octanol–water partition coefficient (Wildman–Crippen LogP) is 13.9. The van der Waals surface area contributed by atoms with E-state index >= 15 is 0 Å². The van der Waals surface area contributed by atoms with E-state index in [0.29, 0.717) is 0 Å². The second-order valence-corrected chi connectivity index (χ2v) is 13.5. The van der Waals surface area contributed by atoms with Gasteiger partial charge in [0.05, 0.1) is 27.1 Å². The molecule has 230 valence electrons. The predicted molar refractivity (Wildman–Crippen MR) is 210 cm³/mol. The maximum Gasteiger partial charge on any atom is 0.143 e. The van der Waals surface area contributed by atoms with Crippen LogP contribution in [-0.4, -0.2) is 0 Å². The molecule has 0 fully saturated rings. The Balaban J connectivity index is 1.33. The molecule has 0 radical (unpaired) electrons.